The van der Waals surface area contributed by atoms with Gasteiger partial charge in [-0.2, -0.15) is 0 Å². The Bertz CT molecular complexity index is 1240. The second kappa shape index (κ2) is 6.61. The SMILES string of the molecule is Cc1cccc(C(=O)OCc2cc(=O)oc3ccc4ccccc4c23)c1O. The molecule has 0 aliphatic heterocycles. The molecule has 1 heterocycles. The molecule has 0 spiro atoms. The number of carbonyl (C=O) groups excluding carboxylic acids is 1. The van der Waals surface area contributed by atoms with E-state index in [-0.39, 0.29) is 17.9 Å². The molecular formula is C22H16O5. The van der Waals surface area contributed by atoms with Gasteiger partial charge >= 0.3 is 11.6 Å². The number of rotatable bonds is 3. The molecule has 0 atom stereocenters. The quantitative estimate of drug-likeness (QED) is 0.334. The predicted octanol–water partition coefficient (Wildman–Crippen LogP) is 4.32. The second-order valence-electron chi connectivity index (χ2n) is 6.30. The first-order chi connectivity index (χ1) is 13.0. The maximum atomic E-state index is 12.4. The summed E-state index contributed by atoms with van der Waals surface area (Å²) in [5.41, 5.74) is 1.15. The molecule has 1 aromatic heterocycles. The normalized spacial score (nSPS) is 11.0. The Balaban J connectivity index is 1.75. The number of aryl methyl sites for hydroxylation is 1. The van der Waals surface area contributed by atoms with Crippen LogP contribution in [0.3, 0.4) is 0 Å². The van der Waals surface area contributed by atoms with Crippen molar-refractivity contribution in [1.29, 1.82) is 0 Å². The molecule has 0 bridgehead atoms. The van der Waals surface area contributed by atoms with E-state index in [4.69, 9.17) is 9.15 Å². The largest absolute Gasteiger partial charge is 0.507 e. The summed E-state index contributed by atoms with van der Waals surface area (Å²) in [6, 6.07) is 17.5. The maximum absolute atomic E-state index is 12.4. The molecule has 134 valence electrons. The second-order valence-corrected chi connectivity index (χ2v) is 6.30. The van der Waals surface area contributed by atoms with Gasteiger partial charge in [0.25, 0.3) is 0 Å². The maximum Gasteiger partial charge on any atom is 0.342 e. The van der Waals surface area contributed by atoms with Gasteiger partial charge in [-0.15, -0.1) is 0 Å². The summed E-state index contributed by atoms with van der Waals surface area (Å²) in [6.45, 7) is 1.59. The van der Waals surface area contributed by atoms with Crippen molar-refractivity contribution in [2.45, 2.75) is 13.5 Å². The highest BCUT2D eigenvalue weighted by molar-refractivity contribution is 6.07. The fraction of sp³-hybridized carbons (Fsp3) is 0.0909. The highest BCUT2D eigenvalue weighted by Crippen LogP contribution is 2.28. The fourth-order valence-electron chi connectivity index (χ4n) is 3.18. The molecule has 1 N–H and O–H groups in total. The van der Waals surface area contributed by atoms with Gasteiger partial charge in [-0.1, -0.05) is 42.5 Å². The summed E-state index contributed by atoms with van der Waals surface area (Å²) in [4.78, 5) is 24.3. The summed E-state index contributed by atoms with van der Waals surface area (Å²) in [5, 5.41) is 12.7. The van der Waals surface area contributed by atoms with Gasteiger partial charge in [0.05, 0.1) is 0 Å². The molecule has 0 fully saturated rings. The first-order valence-corrected chi connectivity index (χ1v) is 8.45. The predicted molar refractivity (Wildman–Crippen MR) is 102 cm³/mol. The number of para-hydroxylation sites is 1. The number of phenols is 1. The Morgan fingerprint density at radius 3 is 2.74 bits per heavy atom. The van der Waals surface area contributed by atoms with Gasteiger partial charge in [-0.25, -0.2) is 9.59 Å². The number of aromatic hydroxyl groups is 1. The molecule has 4 aromatic rings. The molecule has 0 amide bonds. The first-order valence-electron chi connectivity index (χ1n) is 8.45. The number of fused-ring (bicyclic) bond motifs is 3. The van der Waals surface area contributed by atoms with Crippen LogP contribution in [0.5, 0.6) is 5.75 Å². The molecule has 27 heavy (non-hydrogen) atoms. The molecule has 0 aliphatic carbocycles. The number of hydrogen-bond acceptors (Lipinski definition) is 5. The van der Waals surface area contributed by atoms with Crippen molar-refractivity contribution in [3.63, 3.8) is 0 Å². The fourth-order valence-corrected chi connectivity index (χ4v) is 3.18. The lowest BCUT2D eigenvalue weighted by Gasteiger charge is -2.10. The average molecular weight is 360 g/mol. The topological polar surface area (TPSA) is 76.7 Å². The third-order valence-corrected chi connectivity index (χ3v) is 4.53. The smallest absolute Gasteiger partial charge is 0.342 e. The van der Waals surface area contributed by atoms with E-state index >= 15 is 0 Å². The van der Waals surface area contributed by atoms with Crippen LogP contribution in [0.2, 0.25) is 0 Å². The number of esters is 1. The van der Waals surface area contributed by atoms with E-state index in [2.05, 4.69) is 0 Å². The molecular weight excluding hydrogens is 344 g/mol. The van der Waals surface area contributed by atoms with Gasteiger partial charge in [0.15, 0.2) is 0 Å². The Kier molecular flexibility index (Phi) is 4.12. The van der Waals surface area contributed by atoms with Gasteiger partial charge < -0.3 is 14.3 Å². The average Bonchev–Trinajstić information content (AvgIpc) is 2.67. The van der Waals surface area contributed by atoms with Crippen LogP contribution < -0.4 is 5.63 Å². The highest BCUT2D eigenvalue weighted by Gasteiger charge is 2.16. The lowest BCUT2D eigenvalue weighted by molar-refractivity contribution is 0.0470. The van der Waals surface area contributed by atoms with E-state index in [0.29, 0.717) is 16.7 Å². The van der Waals surface area contributed by atoms with Gasteiger partial charge in [0, 0.05) is 17.0 Å². The number of phenolic OH excluding ortho intramolecular Hbond substituents is 1. The summed E-state index contributed by atoms with van der Waals surface area (Å²) in [6.07, 6.45) is 0. The zero-order valence-corrected chi connectivity index (χ0v) is 14.6. The zero-order valence-electron chi connectivity index (χ0n) is 14.6. The van der Waals surface area contributed by atoms with Crippen LogP contribution >= 0.6 is 0 Å². The Morgan fingerprint density at radius 2 is 1.89 bits per heavy atom. The summed E-state index contributed by atoms with van der Waals surface area (Å²) in [7, 11) is 0. The van der Waals surface area contributed by atoms with E-state index in [1.807, 2.05) is 30.3 Å². The molecule has 0 unspecified atom stereocenters. The van der Waals surface area contributed by atoms with Crippen molar-refractivity contribution in [2.75, 3.05) is 0 Å². The van der Waals surface area contributed by atoms with Gasteiger partial charge in [0.2, 0.25) is 0 Å². The highest BCUT2D eigenvalue weighted by atomic mass is 16.5. The number of hydrogen-bond donors (Lipinski definition) is 1. The van der Waals surface area contributed by atoms with Crippen molar-refractivity contribution in [3.8, 4) is 5.75 Å². The van der Waals surface area contributed by atoms with Crippen LogP contribution in [0.4, 0.5) is 0 Å². The van der Waals surface area contributed by atoms with Gasteiger partial charge in [-0.05, 0) is 35.4 Å². The minimum Gasteiger partial charge on any atom is -0.507 e. The molecule has 4 rings (SSSR count). The number of carbonyl (C=O) groups is 1. The van der Waals surface area contributed by atoms with E-state index in [0.717, 1.165) is 16.2 Å². The molecule has 5 heteroatoms. The van der Waals surface area contributed by atoms with Gasteiger partial charge in [-0.3, -0.25) is 0 Å². The van der Waals surface area contributed by atoms with Crippen LogP contribution in [0.1, 0.15) is 21.5 Å². The monoisotopic (exact) mass is 360 g/mol. The van der Waals surface area contributed by atoms with Crippen LogP contribution in [0.15, 0.2) is 69.9 Å². The van der Waals surface area contributed by atoms with Crippen molar-refractivity contribution >= 4 is 27.7 Å². The van der Waals surface area contributed by atoms with Crippen molar-refractivity contribution in [2.24, 2.45) is 0 Å². The van der Waals surface area contributed by atoms with E-state index in [9.17, 15) is 14.7 Å². The molecule has 3 aromatic carbocycles. The number of benzene rings is 3. The third-order valence-electron chi connectivity index (χ3n) is 4.53. The number of ether oxygens (including phenoxy) is 1. The van der Waals surface area contributed by atoms with Crippen molar-refractivity contribution < 1.29 is 19.1 Å². The van der Waals surface area contributed by atoms with Crippen LogP contribution in [-0.4, -0.2) is 11.1 Å². The standard InChI is InChI=1S/C22H16O5/c1-13-5-4-8-17(21(13)24)22(25)26-12-15-11-19(23)27-18-10-9-14-6-2-3-7-16(14)20(15)18/h2-11,24H,12H2,1H3. The van der Waals surface area contributed by atoms with E-state index in [1.54, 1.807) is 25.1 Å². The lowest BCUT2D eigenvalue weighted by atomic mass is 10.0. The van der Waals surface area contributed by atoms with E-state index in [1.165, 1.54) is 12.1 Å². The summed E-state index contributed by atoms with van der Waals surface area (Å²) < 4.78 is 10.7. The Hall–Kier alpha value is -3.60. The Labute approximate surface area is 154 Å². The first kappa shape index (κ1) is 16.8. The van der Waals surface area contributed by atoms with Crippen LogP contribution in [0, 0.1) is 6.92 Å². The van der Waals surface area contributed by atoms with Crippen molar-refractivity contribution in [3.05, 3.63) is 87.8 Å². The van der Waals surface area contributed by atoms with Crippen LogP contribution in [-0.2, 0) is 11.3 Å². The minimum absolute atomic E-state index is 0.0899. The zero-order chi connectivity index (χ0) is 19.0. The molecule has 0 saturated carbocycles. The summed E-state index contributed by atoms with van der Waals surface area (Å²) >= 11 is 0. The third kappa shape index (κ3) is 3.04. The minimum atomic E-state index is -0.655. The lowest BCUT2D eigenvalue weighted by Crippen LogP contribution is -2.08. The van der Waals surface area contributed by atoms with Crippen LogP contribution in [0.25, 0.3) is 21.7 Å². The molecule has 5 nitrogen and oxygen atoms in total. The van der Waals surface area contributed by atoms with Crippen molar-refractivity contribution in [1.82, 2.24) is 0 Å². The molecule has 0 saturated heterocycles. The van der Waals surface area contributed by atoms with E-state index < -0.39 is 11.6 Å². The molecule has 0 aliphatic rings. The van der Waals surface area contributed by atoms with Gasteiger partial charge in [0.1, 0.15) is 23.5 Å². The Morgan fingerprint density at radius 1 is 1.07 bits per heavy atom. The summed E-state index contributed by atoms with van der Waals surface area (Å²) in [5.74, 6) is -0.761. The molecule has 0 radical (unpaired) electrons.